The zero-order valence-electron chi connectivity index (χ0n) is 33.7. The van der Waals surface area contributed by atoms with Gasteiger partial charge in [0.15, 0.2) is 0 Å². The maximum absolute atomic E-state index is 7.11. The quantitative estimate of drug-likeness (QED) is 0.150. The molecule has 2 nitrogen and oxygen atoms in total. The lowest BCUT2D eigenvalue weighted by atomic mass is 9.64. The Balaban J connectivity index is 1.03. The first kappa shape index (κ1) is 37.6. The van der Waals surface area contributed by atoms with Crippen LogP contribution in [0.3, 0.4) is 0 Å². The van der Waals surface area contributed by atoms with Crippen molar-refractivity contribution in [3.63, 3.8) is 0 Å². The maximum atomic E-state index is 7.11. The second-order valence-electron chi connectivity index (χ2n) is 15.8. The molecule has 11 rings (SSSR count). The fourth-order valence-electron chi connectivity index (χ4n) is 8.99. The standard InChI is InChI=1S/C56H33B4NO/c57-51-49(40-20-17-36(18-21-40)34-9-2-1-3-10-34)52(58)54(60)55(53(51)59)61(43-28-23-37(24-29-43)42-22-19-35-11-4-5-13-41(35)33-42)44-30-25-39(26-31-44)45-15-8-16-48-50(45)47-32-27-38-12-6-7-14-46(38)56(47)62-48/h1-33H. The molecule has 0 fully saturated rings. The highest BCUT2D eigenvalue weighted by atomic mass is 16.3. The minimum atomic E-state index is 0.336. The molecule has 280 valence electrons. The Labute approximate surface area is 366 Å². The Morgan fingerprint density at radius 3 is 1.60 bits per heavy atom. The number of nitrogens with zero attached hydrogens (tertiary/aromatic N) is 1. The molecule has 0 saturated carbocycles. The maximum Gasteiger partial charge on any atom is 0.143 e. The number of fused-ring (bicyclic) bond motifs is 6. The molecule has 1 aromatic heterocycles. The zero-order valence-corrected chi connectivity index (χ0v) is 33.7. The molecule has 0 spiro atoms. The molecule has 0 unspecified atom stereocenters. The van der Waals surface area contributed by atoms with Crippen LogP contribution < -0.4 is 26.8 Å². The smallest absolute Gasteiger partial charge is 0.143 e. The normalized spacial score (nSPS) is 11.5. The molecule has 62 heavy (non-hydrogen) atoms. The Morgan fingerprint density at radius 1 is 0.355 bits per heavy atom. The first-order valence-electron chi connectivity index (χ1n) is 20.7. The van der Waals surface area contributed by atoms with E-state index in [1.54, 1.807) is 0 Å². The summed E-state index contributed by atoms with van der Waals surface area (Å²) >= 11 is 0. The monoisotopic (exact) mass is 779 g/mol. The van der Waals surface area contributed by atoms with Gasteiger partial charge in [-0.25, -0.2) is 0 Å². The number of furan rings is 1. The van der Waals surface area contributed by atoms with Gasteiger partial charge in [-0.2, -0.15) is 0 Å². The van der Waals surface area contributed by atoms with Gasteiger partial charge < -0.3 is 9.32 Å². The van der Waals surface area contributed by atoms with Crippen molar-refractivity contribution in [1.29, 1.82) is 0 Å². The molecular weight excluding hydrogens is 746 g/mol. The van der Waals surface area contributed by atoms with Gasteiger partial charge in [0.2, 0.25) is 0 Å². The van der Waals surface area contributed by atoms with Gasteiger partial charge in [-0.1, -0.05) is 180 Å². The largest absolute Gasteiger partial charge is 0.455 e. The summed E-state index contributed by atoms with van der Waals surface area (Å²) in [6.07, 6.45) is 0. The Bertz CT molecular complexity index is 3460. The minimum absolute atomic E-state index is 0.336. The summed E-state index contributed by atoms with van der Waals surface area (Å²) in [7, 11) is 28.2. The van der Waals surface area contributed by atoms with E-state index >= 15 is 0 Å². The number of hydrogen-bond donors (Lipinski definition) is 0. The predicted octanol–water partition coefficient (Wildman–Crippen LogP) is 11.2. The van der Waals surface area contributed by atoms with Crippen LogP contribution in [0.5, 0.6) is 0 Å². The lowest BCUT2D eigenvalue weighted by Gasteiger charge is -2.33. The van der Waals surface area contributed by atoms with Crippen molar-refractivity contribution in [2.45, 2.75) is 0 Å². The number of hydrogen-bond acceptors (Lipinski definition) is 2. The van der Waals surface area contributed by atoms with Crippen LogP contribution in [0.25, 0.3) is 88.0 Å². The molecule has 0 aliphatic carbocycles. The fourth-order valence-corrected chi connectivity index (χ4v) is 8.99. The Morgan fingerprint density at radius 2 is 0.887 bits per heavy atom. The van der Waals surface area contributed by atoms with E-state index in [9.17, 15) is 0 Å². The molecular formula is C56H33B4NO. The van der Waals surface area contributed by atoms with Crippen molar-refractivity contribution in [2.75, 3.05) is 4.90 Å². The van der Waals surface area contributed by atoms with E-state index in [1.165, 1.54) is 10.8 Å². The average Bonchev–Trinajstić information content (AvgIpc) is 3.73. The van der Waals surface area contributed by atoms with E-state index in [-0.39, 0.29) is 0 Å². The fraction of sp³-hybridized carbons (Fsp3) is 0. The Hall–Kier alpha value is -7.42. The Kier molecular flexibility index (Phi) is 9.24. The lowest BCUT2D eigenvalue weighted by Crippen LogP contribution is -2.46. The number of rotatable bonds is 7. The van der Waals surface area contributed by atoms with Crippen LogP contribution in [0.15, 0.2) is 205 Å². The highest BCUT2D eigenvalue weighted by molar-refractivity contribution is 6.63. The molecule has 11 aromatic rings. The third kappa shape index (κ3) is 6.34. The van der Waals surface area contributed by atoms with Crippen LogP contribution in [-0.2, 0) is 0 Å². The number of anilines is 3. The summed E-state index contributed by atoms with van der Waals surface area (Å²) in [6, 6.07) is 69.0. The van der Waals surface area contributed by atoms with Crippen molar-refractivity contribution < 1.29 is 4.42 Å². The first-order valence-corrected chi connectivity index (χ1v) is 20.7. The van der Waals surface area contributed by atoms with Crippen LogP contribution in [0.2, 0.25) is 0 Å². The van der Waals surface area contributed by atoms with E-state index in [2.05, 4.69) is 158 Å². The van der Waals surface area contributed by atoms with Gasteiger partial charge in [0.25, 0.3) is 0 Å². The van der Waals surface area contributed by atoms with Crippen LogP contribution in [0.4, 0.5) is 17.1 Å². The summed E-state index contributed by atoms with van der Waals surface area (Å²) in [5.41, 5.74) is 13.3. The molecule has 8 radical (unpaired) electrons. The third-order valence-corrected chi connectivity index (χ3v) is 12.2. The summed E-state index contributed by atoms with van der Waals surface area (Å²) in [5, 5.41) is 6.77. The SMILES string of the molecule is [B]c1c([B])c(N(c2ccc(-c3ccc4ccccc4c3)cc2)c2ccc(-c3cccc4oc5c6ccccc6ccc5c34)cc2)c([B])c([B])c1-c1ccc(-c2ccccc2)cc1. The van der Waals surface area contributed by atoms with Gasteiger partial charge >= 0.3 is 0 Å². The predicted molar refractivity (Wildman–Crippen MR) is 267 cm³/mol. The second kappa shape index (κ2) is 15.2. The van der Waals surface area contributed by atoms with Gasteiger partial charge in [-0.05, 0) is 103 Å². The highest BCUT2D eigenvalue weighted by Crippen LogP contribution is 2.41. The number of benzene rings is 10. The molecule has 0 bridgehead atoms. The zero-order chi connectivity index (χ0) is 41.9. The lowest BCUT2D eigenvalue weighted by molar-refractivity contribution is 0.673. The van der Waals surface area contributed by atoms with Crippen LogP contribution in [0.1, 0.15) is 0 Å². The van der Waals surface area contributed by atoms with Gasteiger partial charge in [-0.15, -0.1) is 0 Å². The van der Waals surface area contributed by atoms with Gasteiger partial charge in [0.1, 0.15) is 42.6 Å². The van der Waals surface area contributed by atoms with Crippen molar-refractivity contribution in [3.8, 4) is 44.5 Å². The first-order chi connectivity index (χ1) is 30.4. The summed E-state index contributed by atoms with van der Waals surface area (Å²) < 4.78 is 6.52. The summed E-state index contributed by atoms with van der Waals surface area (Å²) in [4.78, 5) is 2.05. The van der Waals surface area contributed by atoms with Crippen molar-refractivity contribution >= 4 is 114 Å². The average molecular weight is 779 g/mol. The summed E-state index contributed by atoms with van der Waals surface area (Å²) in [6.45, 7) is 0. The topological polar surface area (TPSA) is 16.4 Å². The van der Waals surface area contributed by atoms with Gasteiger partial charge in [0, 0.05) is 33.2 Å². The van der Waals surface area contributed by atoms with Gasteiger partial charge in [-0.3, -0.25) is 0 Å². The summed E-state index contributed by atoms with van der Waals surface area (Å²) in [5.74, 6) is 0. The van der Waals surface area contributed by atoms with Crippen LogP contribution in [0, 0.1) is 0 Å². The van der Waals surface area contributed by atoms with Crippen molar-refractivity contribution in [3.05, 3.63) is 200 Å². The van der Waals surface area contributed by atoms with Crippen LogP contribution >= 0.6 is 0 Å². The molecule has 1 heterocycles. The van der Waals surface area contributed by atoms with Crippen molar-refractivity contribution in [1.82, 2.24) is 0 Å². The highest BCUT2D eigenvalue weighted by Gasteiger charge is 2.23. The van der Waals surface area contributed by atoms with E-state index in [0.717, 1.165) is 83.0 Å². The third-order valence-electron chi connectivity index (χ3n) is 12.2. The molecule has 0 aliphatic rings. The molecule has 0 aliphatic heterocycles. The molecule has 10 aromatic carbocycles. The van der Waals surface area contributed by atoms with E-state index < -0.39 is 0 Å². The molecule has 6 heteroatoms. The van der Waals surface area contributed by atoms with Crippen LogP contribution in [-0.4, -0.2) is 31.4 Å². The minimum Gasteiger partial charge on any atom is -0.455 e. The molecule has 0 amide bonds. The second-order valence-corrected chi connectivity index (χ2v) is 15.8. The molecule has 0 saturated heterocycles. The van der Waals surface area contributed by atoms with E-state index in [0.29, 0.717) is 33.1 Å². The molecule has 0 N–H and O–H groups in total. The molecule has 0 atom stereocenters. The van der Waals surface area contributed by atoms with Gasteiger partial charge in [0.05, 0.1) is 0 Å². The van der Waals surface area contributed by atoms with E-state index in [4.69, 9.17) is 35.8 Å². The van der Waals surface area contributed by atoms with E-state index in [1.807, 2.05) is 47.4 Å². The van der Waals surface area contributed by atoms with Crippen molar-refractivity contribution in [2.24, 2.45) is 0 Å².